The number of thiophene rings is 1. The Balaban J connectivity index is 1.91. The summed E-state index contributed by atoms with van der Waals surface area (Å²) in [6, 6.07) is 1.76. The van der Waals surface area contributed by atoms with Crippen LogP contribution in [0.2, 0.25) is 0 Å². The number of carbonyl (C=O) groups is 1. The van der Waals surface area contributed by atoms with Gasteiger partial charge in [-0.1, -0.05) is 11.8 Å². The molecule has 2 N–H and O–H groups in total. The van der Waals surface area contributed by atoms with E-state index in [9.17, 15) is 4.79 Å². The van der Waals surface area contributed by atoms with Crippen LogP contribution < -0.4 is 5.32 Å². The van der Waals surface area contributed by atoms with Gasteiger partial charge >= 0.3 is 0 Å². The summed E-state index contributed by atoms with van der Waals surface area (Å²) in [7, 11) is 0. The smallest absolute Gasteiger partial charge is 0.252 e. The van der Waals surface area contributed by atoms with Crippen molar-refractivity contribution < 1.29 is 9.90 Å². The van der Waals surface area contributed by atoms with Gasteiger partial charge in [-0.15, -0.1) is 22.7 Å². The summed E-state index contributed by atoms with van der Waals surface area (Å²) in [5, 5.41) is 16.1. The van der Waals surface area contributed by atoms with E-state index < -0.39 is 0 Å². The van der Waals surface area contributed by atoms with Gasteiger partial charge in [0.25, 0.3) is 5.91 Å². The number of aliphatic hydroxyl groups excluding tert-OH is 1. The lowest BCUT2D eigenvalue weighted by Crippen LogP contribution is -2.22. The summed E-state index contributed by atoms with van der Waals surface area (Å²) in [4.78, 5) is 17.1. The van der Waals surface area contributed by atoms with Crippen molar-refractivity contribution >= 4 is 28.6 Å². The van der Waals surface area contributed by atoms with Crippen LogP contribution in [0.1, 0.15) is 32.4 Å². The second kappa shape index (κ2) is 7.20. The summed E-state index contributed by atoms with van der Waals surface area (Å²) in [5.41, 5.74) is 1.58. The van der Waals surface area contributed by atoms with Crippen LogP contribution in [-0.4, -0.2) is 22.6 Å². The molecule has 0 aliphatic heterocycles. The van der Waals surface area contributed by atoms with E-state index in [0.717, 1.165) is 15.6 Å². The monoisotopic (exact) mass is 306 g/mol. The Morgan fingerprint density at radius 2 is 2.30 bits per heavy atom. The number of thiazole rings is 1. The summed E-state index contributed by atoms with van der Waals surface area (Å²) < 4.78 is 0. The lowest BCUT2D eigenvalue weighted by atomic mass is 10.3. The first-order valence-electron chi connectivity index (χ1n) is 6.06. The highest BCUT2D eigenvalue weighted by atomic mass is 32.1. The number of carbonyl (C=O) groups excluding carboxylic acids is 1. The molecule has 0 spiro atoms. The van der Waals surface area contributed by atoms with Crippen molar-refractivity contribution in [3.63, 3.8) is 0 Å². The third-order valence-electron chi connectivity index (χ3n) is 2.38. The topological polar surface area (TPSA) is 62.2 Å². The molecule has 4 nitrogen and oxygen atoms in total. The molecule has 0 atom stereocenters. The van der Waals surface area contributed by atoms with Crippen molar-refractivity contribution in [1.29, 1.82) is 0 Å². The van der Waals surface area contributed by atoms with E-state index in [1.54, 1.807) is 11.4 Å². The minimum Gasteiger partial charge on any atom is -0.395 e. The van der Waals surface area contributed by atoms with E-state index in [1.807, 2.05) is 12.3 Å². The molecule has 2 rings (SSSR count). The fourth-order valence-electron chi connectivity index (χ4n) is 1.47. The zero-order chi connectivity index (χ0) is 14.4. The van der Waals surface area contributed by atoms with Gasteiger partial charge in [-0.05, 0) is 13.0 Å². The molecule has 1 amide bonds. The third kappa shape index (κ3) is 4.17. The standard InChI is InChI=1S/C14H14N2O2S2/c1-10-8-20-13(16-10)7-15-14(18)11-6-12(19-9-11)4-2-3-5-17/h6,8-9,17H,3,5,7H2,1H3,(H,15,18). The molecule has 2 aromatic heterocycles. The Labute approximate surface area is 125 Å². The van der Waals surface area contributed by atoms with Crippen LogP contribution in [0.3, 0.4) is 0 Å². The molecule has 0 aromatic carbocycles. The molecule has 0 fully saturated rings. The molecule has 0 saturated heterocycles. The first kappa shape index (κ1) is 14.7. The molecular weight excluding hydrogens is 292 g/mol. The van der Waals surface area contributed by atoms with E-state index in [4.69, 9.17) is 5.11 Å². The molecular formula is C14H14N2O2S2. The molecule has 0 bridgehead atoms. The van der Waals surface area contributed by atoms with Crippen molar-refractivity contribution in [3.05, 3.63) is 38.0 Å². The first-order valence-corrected chi connectivity index (χ1v) is 7.82. The Hall–Kier alpha value is -1.68. The molecule has 0 radical (unpaired) electrons. The lowest BCUT2D eigenvalue weighted by molar-refractivity contribution is 0.0951. The maximum atomic E-state index is 12.0. The van der Waals surface area contributed by atoms with Gasteiger partial charge in [0.15, 0.2) is 0 Å². The molecule has 2 heterocycles. The van der Waals surface area contributed by atoms with E-state index in [2.05, 4.69) is 22.1 Å². The summed E-state index contributed by atoms with van der Waals surface area (Å²) in [6.45, 7) is 2.43. The highest BCUT2D eigenvalue weighted by Crippen LogP contribution is 2.14. The number of nitrogens with zero attached hydrogens (tertiary/aromatic N) is 1. The van der Waals surface area contributed by atoms with Gasteiger partial charge < -0.3 is 10.4 Å². The predicted octanol–water partition coefficient (Wildman–Crippen LogP) is 2.18. The highest BCUT2D eigenvalue weighted by molar-refractivity contribution is 7.10. The minimum absolute atomic E-state index is 0.0545. The minimum atomic E-state index is -0.121. The number of rotatable bonds is 4. The van der Waals surface area contributed by atoms with Crippen molar-refractivity contribution in [1.82, 2.24) is 10.3 Å². The SMILES string of the molecule is Cc1csc(CNC(=O)c2csc(C#CCCO)c2)n1. The van der Waals surface area contributed by atoms with Gasteiger partial charge in [0, 0.05) is 22.9 Å². The number of hydrogen-bond acceptors (Lipinski definition) is 5. The number of aryl methyl sites for hydroxylation is 1. The predicted molar refractivity (Wildman–Crippen MR) is 80.9 cm³/mol. The maximum absolute atomic E-state index is 12.0. The molecule has 0 saturated carbocycles. The van der Waals surface area contributed by atoms with Crippen molar-refractivity contribution in [2.45, 2.75) is 19.9 Å². The number of amides is 1. The van der Waals surface area contributed by atoms with E-state index in [0.29, 0.717) is 18.5 Å². The second-order valence-electron chi connectivity index (χ2n) is 4.04. The van der Waals surface area contributed by atoms with E-state index in [-0.39, 0.29) is 12.5 Å². The quantitative estimate of drug-likeness (QED) is 0.851. The second-order valence-corrected chi connectivity index (χ2v) is 5.89. The van der Waals surface area contributed by atoms with Crippen molar-refractivity contribution in [2.75, 3.05) is 6.61 Å². The highest BCUT2D eigenvalue weighted by Gasteiger charge is 2.08. The van der Waals surface area contributed by atoms with Gasteiger partial charge in [0.2, 0.25) is 0 Å². The van der Waals surface area contributed by atoms with Gasteiger partial charge in [-0.25, -0.2) is 4.98 Å². The van der Waals surface area contributed by atoms with Crippen LogP contribution in [-0.2, 0) is 6.54 Å². The molecule has 2 aromatic rings. The Kier molecular flexibility index (Phi) is 5.30. The van der Waals surface area contributed by atoms with Crippen molar-refractivity contribution in [2.24, 2.45) is 0 Å². The van der Waals surface area contributed by atoms with Crippen LogP contribution in [0.15, 0.2) is 16.8 Å². The van der Waals surface area contributed by atoms with Crippen LogP contribution in [0.4, 0.5) is 0 Å². The molecule has 0 aliphatic rings. The summed E-state index contributed by atoms with van der Waals surface area (Å²) >= 11 is 2.96. The van der Waals surface area contributed by atoms with E-state index >= 15 is 0 Å². The number of aromatic nitrogens is 1. The summed E-state index contributed by atoms with van der Waals surface area (Å²) in [5.74, 6) is 5.63. The van der Waals surface area contributed by atoms with Gasteiger partial charge in [0.1, 0.15) is 5.01 Å². The normalized spacial score (nSPS) is 9.90. The van der Waals surface area contributed by atoms with Crippen LogP contribution in [0.5, 0.6) is 0 Å². The van der Waals surface area contributed by atoms with Crippen LogP contribution in [0, 0.1) is 18.8 Å². The zero-order valence-corrected chi connectivity index (χ0v) is 12.6. The van der Waals surface area contributed by atoms with Gasteiger partial charge in [-0.3, -0.25) is 4.79 Å². The number of hydrogen-bond donors (Lipinski definition) is 2. The third-order valence-corrected chi connectivity index (χ3v) is 4.19. The van der Waals surface area contributed by atoms with Gasteiger partial charge in [-0.2, -0.15) is 0 Å². The van der Waals surface area contributed by atoms with Gasteiger partial charge in [0.05, 0.1) is 23.6 Å². The molecule has 20 heavy (non-hydrogen) atoms. The Morgan fingerprint density at radius 3 is 3.00 bits per heavy atom. The average molecular weight is 306 g/mol. The Bertz CT molecular complexity index is 649. The maximum Gasteiger partial charge on any atom is 0.252 e. The van der Waals surface area contributed by atoms with Crippen LogP contribution in [0.25, 0.3) is 0 Å². The molecule has 0 unspecified atom stereocenters. The Morgan fingerprint density at radius 1 is 1.45 bits per heavy atom. The first-order chi connectivity index (χ1) is 9.69. The lowest BCUT2D eigenvalue weighted by Gasteiger charge is -1.99. The average Bonchev–Trinajstić information content (AvgIpc) is 3.06. The zero-order valence-electron chi connectivity index (χ0n) is 11.0. The van der Waals surface area contributed by atoms with E-state index in [1.165, 1.54) is 22.7 Å². The molecule has 0 aliphatic carbocycles. The summed E-state index contributed by atoms with van der Waals surface area (Å²) in [6.07, 6.45) is 0.447. The van der Waals surface area contributed by atoms with Crippen LogP contribution >= 0.6 is 22.7 Å². The van der Waals surface area contributed by atoms with Crippen molar-refractivity contribution in [3.8, 4) is 11.8 Å². The fraction of sp³-hybridized carbons (Fsp3) is 0.286. The largest absolute Gasteiger partial charge is 0.395 e. The molecule has 104 valence electrons. The number of nitrogens with one attached hydrogen (secondary N) is 1. The number of aliphatic hydroxyl groups is 1. The fourth-order valence-corrected chi connectivity index (χ4v) is 2.93. The molecule has 6 heteroatoms.